The summed E-state index contributed by atoms with van der Waals surface area (Å²) in [7, 11) is 1.79. The smallest absolute Gasteiger partial charge is 0.319 e. The molecule has 0 aromatic heterocycles. The lowest BCUT2D eigenvalue weighted by Gasteiger charge is -2.41. The van der Waals surface area contributed by atoms with E-state index in [1.807, 2.05) is 13.2 Å². The van der Waals surface area contributed by atoms with Gasteiger partial charge >= 0.3 is 12.0 Å². The zero-order chi connectivity index (χ0) is 15.2. The lowest BCUT2D eigenvalue weighted by Crippen LogP contribution is -2.53. The number of carbonyl (C=O) groups excluding carboxylic acids is 1. The number of likely N-dealkylation sites (tertiary alicyclic amines) is 1. The topological polar surface area (TPSA) is 60.9 Å². The first-order chi connectivity index (χ1) is 9.46. The molecule has 1 fully saturated rings. The number of nitrogens with zero attached hydrogens (tertiary/aromatic N) is 2. The van der Waals surface area contributed by atoms with Gasteiger partial charge in [-0.3, -0.25) is 4.79 Å². The van der Waals surface area contributed by atoms with E-state index in [0.717, 1.165) is 18.6 Å². The molecule has 1 atom stereocenters. The van der Waals surface area contributed by atoms with Crippen LogP contribution in [0.15, 0.2) is 0 Å². The maximum atomic E-state index is 12.4. The zero-order valence-corrected chi connectivity index (χ0v) is 13.5. The van der Waals surface area contributed by atoms with Gasteiger partial charge in [0.1, 0.15) is 0 Å². The molecule has 1 aliphatic heterocycles. The fourth-order valence-corrected chi connectivity index (χ4v) is 3.28. The molecule has 1 rings (SSSR count). The minimum absolute atomic E-state index is 0.0412. The molecule has 0 spiro atoms. The first kappa shape index (κ1) is 17.1. The van der Waals surface area contributed by atoms with Gasteiger partial charge in [-0.15, -0.1) is 0 Å². The van der Waals surface area contributed by atoms with Crippen LogP contribution in [-0.4, -0.2) is 65.6 Å². The van der Waals surface area contributed by atoms with E-state index < -0.39 is 11.4 Å². The third-order valence-corrected chi connectivity index (χ3v) is 4.58. The van der Waals surface area contributed by atoms with Crippen molar-refractivity contribution in [2.45, 2.75) is 32.6 Å². The minimum Gasteiger partial charge on any atom is -0.481 e. The van der Waals surface area contributed by atoms with Crippen LogP contribution in [0.4, 0.5) is 4.79 Å². The molecule has 1 heterocycles. The van der Waals surface area contributed by atoms with Crippen LogP contribution in [0.1, 0.15) is 32.6 Å². The second-order valence-corrected chi connectivity index (χ2v) is 6.54. The van der Waals surface area contributed by atoms with Gasteiger partial charge in [-0.2, -0.15) is 11.8 Å². The molecule has 5 nitrogen and oxygen atoms in total. The van der Waals surface area contributed by atoms with E-state index in [-0.39, 0.29) is 6.03 Å². The van der Waals surface area contributed by atoms with Crippen molar-refractivity contribution in [3.8, 4) is 0 Å². The standard InChI is InChI=1S/C14H26N2O3S/c1-4-6-14(12(17)18)7-5-8-16(11-14)13(19)15(2)9-10-20-3/h4-11H2,1-3H3,(H,17,18). The molecule has 0 aromatic rings. The molecule has 2 amide bonds. The number of hydrogen-bond donors (Lipinski definition) is 1. The molecule has 0 bridgehead atoms. The van der Waals surface area contributed by atoms with Crippen LogP contribution < -0.4 is 0 Å². The molecule has 0 saturated carbocycles. The number of carbonyl (C=O) groups is 2. The summed E-state index contributed by atoms with van der Waals surface area (Å²) in [6.45, 7) is 3.71. The van der Waals surface area contributed by atoms with E-state index in [1.54, 1.807) is 28.6 Å². The van der Waals surface area contributed by atoms with E-state index in [2.05, 4.69) is 0 Å². The molecular formula is C14H26N2O3S. The monoisotopic (exact) mass is 302 g/mol. The van der Waals surface area contributed by atoms with Crippen molar-refractivity contribution >= 4 is 23.8 Å². The Balaban J connectivity index is 2.72. The van der Waals surface area contributed by atoms with Crippen LogP contribution in [0.2, 0.25) is 0 Å². The average Bonchev–Trinajstić information content (AvgIpc) is 2.44. The number of piperidine rings is 1. The molecule has 0 aromatic carbocycles. The van der Waals surface area contributed by atoms with Crippen LogP contribution in [0.5, 0.6) is 0 Å². The molecule has 6 heteroatoms. The molecule has 0 aliphatic carbocycles. The van der Waals surface area contributed by atoms with Gasteiger partial charge in [-0.05, 0) is 25.5 Å². The van der Waals surface area contributed by atoms with Gasteiger partial charge in [0, 0.05) is 32.4 Å². The lowest BCUT2D eigenvalue weighted by atomic mass is 9.76. The Bertz CT molecular complexity index is 347. The number of aliphatic carboxylic acids is 1. The Hall–Kier alpha value is -0.910. The van der Waals surface area contributed by atoms with Gasteiger partial charge in [0.05, 0.1) is 5.41 Å². The van der Waals surface area contributed by atoms with Crippen LogP contribution >= 0.6 is 11.8 Å². The lowest BCUT2D eigenvalue weighted by molar-refractivity contribution is -0.152. The SMILES string of the molecule is CCCC1(C(=O)O)CCCN(C(=O)N(C)CCSC)C1. The number of carboxylic acid groups (broad SMARTS) is 1. The number of thioether (sulfide) groups is 1. The van der Waals surface area contributed by atoms with Crippen molar-refractivity contribution < 1.29 is 14.7 Å². The predicted octanol–water partition coefficient (Wildman–Crippen LogP) is 2.37. The summed E-state index contributed by atoms with van der Waals surface area (Å²) in [5, 5.41) is 9.54. The number of urea groups is 1. The minimum atomic E-state index is -0.761. The van der Waals surface area contributed by atoms with Crippen molar-refractivity contribution in [3.05, 3.63) is 0 Å². The Labute approximate surface area is 125 Å². The van der Waals surface area contributed by atoms with E-state index in [1.165, 1.54) is 0 Å². The van der Waals surface area contributed by atoms with Gasteiger partial charge in [0.25, 0.3) is 0 Å². The quantitative estimate of drug-likeness (QED) is 0.818. The van der Waals surface area contributed by atoms with Gasteiger partial charge in [-0.1, -0.05) is 13.3 Å². The van der Waals surface area contributed by atoms with E-state index in [9.17, 15) is 14.7 Å². The van der Waals surface area contributed by atoms with Crippen LogP contribution in [-0.2, 0) is 4.79 Å². The third-order valence-electron chi connectivity index (χ3n) is 3.99. The Morgan fingerprint density at radius 1 is 1.45 bits per heavy atom. The first-order valence-electron chi connectivity index (χ1n) is 7.19. The van der Waals surface area contributed by atoms with E-state index >= 15 is 0 Å². The second-order valence-electron chi connectivity index (χ2n) is 5.56. The Kier molecular flexibility index (Phi) is 6.65. The fourth-order valence-electron chi connectivity index (χ4n) is 2.82. The molecule has 20 heavy (non-hydrogen) atoms. The second kappa shape index (κ2) is 7.76. The highest BCUT2D eigenvalue weighted by Crippen LogP contribution is 2.35. The normalized spacial score (nSPS) is 22.6. The zero-order valence-electron chi connectivity index (χ0n) is 12.7. The Morgan fingerprint density at radius 2 is 2.15 bits per heavy atom. The largest absolute Gasteiger partial charge is 0.481 e. The summed E-state index contributed by atoms with van der Waals surface area (Å²) in [6.07, 6.45) is 4.93. The summed E-state index contributed by atoms with van der Waals surface area (Å²) >= 11 is 1.70. The van der Waals surface area contributed by atoms with Crippen molar-refractivity contribution in [2.75, 3.05) is 38.7 Å². The van der Waals surface area contributed by atoms with Crippen molar-refractivity contribution in [1.29, 1.82) is 0 Å². The molecular weight excluding hydrogens is 276 g/mol. The number of amides is 2. The maximum Gasteiger partial charge on any atom is 0.319 e. The Morgan fingerprint density at radius 3 is 2.70 bits per heavy atom. The van der Waals surface area contributed by atoms with Crippen molar-refractivity contribution in [3.63, 3.8) is 0 Å². The molecule has 1 aliphatic rings. The first-order valence-corrected chi connectivity index (χ1v) is 8.58. The van der Waals surface area contributed by atoms with Crippen LogP contribution in [0.3, 0.4) is 0 Å². The highest BCUT2D eigenvalue weighted by molar-refractivity contribution is 7.98. The van der Waals surface area contributed by atoms with E-state index in [4.69, 9.17) is 0 Å². The summed E-state index contributed by atoms with van der Waals surface area (Å²) in [6, 6.07) is -0.0412. The third kappa shape index (κ3) is 4.04. The van der Waals surface area contributed by atoms with Gasteiger partial charge in [0.2, 0.25) is 0 Å². The summed E-state index contributed by atoms with van der Waals surface area (Å²) in [4.78, 5) is 27.4. The number of hydrogen-bond acceptors (Lipinski definition) is 3. The highest BCUT2D eigenvalue weighted by atomic mass is 32.2. The highest BCUT2D eigenvalue weighted by Gasteiger charge is 2.43. The molecule has 1 unspecified atom stereocenters. The van der Waals surface area contributed by atoms with Gasteiger partial charge in [-0.25, -0.2) is 4.79 Å². The number of rotatable bonds is 6. The van der Waals surface area contributed by atoms with Crippen LogP contribution in [0, 0.1) is 5.41 Å². The van der Waals surface area contributed by atoms with E-state index in [0.29, 0.717) is 32.5 Å². The van der Waals surface area contributed by atoms with Crippen molar-refractivity contribution in [2.24, 2.45) is 5.41 Å². The summed E-state index contributed by atoms with van der Waals surface area (Å²) < 4.78 is 0. The molecule has 116 valence electrons. The van der Waals surface area contributed by atoms with Crippen molar-refractivity contribution in [1.82, 2.24) is 9.80 Å². The molecule has 1 saturated heterocycles. The maximum absolute atomic E-state index is 12.4. The summed E-state index contributed by atoms with van der Waals surface area (Å²) in [5.74, 6) is 0.137. The fraction of sp³-hybridized carbons (Fsp3) is 0.857. The van der Waals surface area contributed by atoms with Crippen LogP contribution in [0.25, 0.3) is 0 Å². The van der Waals surface area contributed by atoms with Gasteiger partial charge < -0.3 is 14.9 Å². The number of carboxylic acids is 1. The molecule has 0 radical (unpaired) electrons. The molecule has 1 N–H and O–H groups in total. The summed E-state index contributed by atoms with van der Waals surface area (Å²) in [5.41, 5.74) is -0.747. The predicted molar refractivity (Wildman–Crippen MR) is 82.2 cm³/mol. The average molecular weight is 302 g/mol. The van der Waals surface area contributed by atoms with Gasteiger partial charge in [0.15, 0.2) is 0 Å².